The van der Waals surface area contributed by atoms with Crippen LogP contribution in [-0.2, 0) is 13.0 Å². The minimum Gasteiger partial charge on any atom is -0.423 e. The van der Waals surface area contributed by atoms with E-state index in [1.54, 1.807) is 23.1 Å². The zero-order valence-electron chi connectivity index (χ0n) is 16.7. The van der Waals surface area contributed by atoms with Crippen LogP contribution in [0.4, 0.5) is 22.0 Å². The lowest BCUT2D eigenvalue weighted by molar-refractivity contribution is 0.0999. The Bertz CT molecular complexity index is 1150. The number of fused-ring (bicyclic) bond motifs is 1. The van der Waals surface area contributed by atoms with E-state index in [9.17, 15) is 19.2 Å². The lowest BCUT2D eigenvalue weighted by Gasteiger charge is -2.22. The van der Waals surface area contributed by atoms with Crippen molar-refractivity contribution >= 4 is 36.1 Å². The van der Waals surface area contributed by atoms with Gasteiger partial charge in [0.2, 0.25) is 17.8 Å². The van der Waals surface area contributed by atoms with Gasteiger partial charge in [-0.1, -0.05) is 24.3 Å². The van der Waals surface area contributed by atoms with Crippen LogP contribution in [-0.4, -0.2) is 44.1 Å². The van der Waals surface area contributed by atoms with Crippen LogP contribution in [0.2, 0.25) is 0 Å². The molecule has 0 fully saturated rings. The van der Waals surface area contributed by atoms with Crippen molar-refractivity contribution in [3.05, 3.63) is 65.2 Å². The van der Waals surface area contributed by atoms with Crippen molar-refractivity contribution in [1.82, 2.24) is 15.0 Å². The molecule has 0 saturated heterocycles. The summed E-state index contributed by atoms with van der Waals surface area (Å²) in [5.74, 6) is -0.639. The predicted octanol–water partition coefficient (Wildman–Crippen LogP) is 0.484. The van der Waals surface area contributed by atoms with Crippen molar-refractivity contribution in [2.75, 3.05) is 10.2 Å². The number of hydrogen-bond acceptors (Lipinski definition) is 8. The van der Waals surface area contributed by atoms with Crippen molar-refractivity contribution in [2.24, 2.45) is 5.73 Å². The lowest BCUT2D eigenvalue weighted by Crippen LogP contribution is -2.30. The second-order valence-electron chi connectivity index (χ2n) is 7.32. The van der Waals surface area contributed by atoms with Crippen LogP contribution in [0.25, 0.3) is 0 Å². The topological polar surface area (TPSA) is 137 Å². The molecule has 0 bridgehead atoms. The van der Waals surface area contributed by atoms with Gasteiger partial charge < -0.3 is 26.0 Å². The van der Waals surface area contributed by atoms with Gasteiger partial charge in [0.05, 0.1) is 5.69 Å². The maximum atomic E-state index is 14.1. The Morgan fingerprint density at radius 3 is 2.87 bits per heavy atom. The maximum Gasteiger partial charge on any atom is 0.488 e. The summed E-state index contributed by atoms with van der Waals surface area (Å²) in [5.41, 5.74) is 7.93. The number of carbonyl (C=O) groups excluding carboxylic acids is 1. The second kappa shape index (κ2) is 8.28. The third-order valence-electron chi connectivity index (χ3n) is 5.13. The molecule has 1 aliphatic heterocycles. The van der Waals surface area contributed by atoms with Crippen LogP contribution in [0.15, 0.2) is 42.7 Å². The van der Waals surface area contributed by atoms with Crippen molar-refractivity contribution < 1.29 is 19.2 Å². The molecule has 11 heteroatoms. The third-order valence-corrected chi connectivity index (χ3v) is 5.13. The highest BCUT2D eigenvalue weighted by Gasteiger charge is 2.33. The van der Waals surface area contributed by atoms with Crippen LogP contribution >= 0.6 is 0 Å². The van der Waals surface area contributed by atoms with Gasteiger partial charge in [-0.15, -0.1) is 0 Å². The van der Waals surface area contributed by atoms with Gasteiger partial charge in [0.15, 0.2) is 0 Å². The minimum absolute atomic E-state index is 0.118. The zero-order valence-corrected chi connectivity index (χ0v) is 16.7. The lowest BCUT2D eigenvalue weighted by atomic mass is 9.80. The largest absolute Gasteiger partial charge is 0.488 e. The van der Waals surface area contributed by atoms with Crippen LogP contribution < -0.4 is 21.4 Å². The van der Waals surface area contributed by atoms with Gasteiger partial charge in [-0.05, 0) is 42.1 Å². The van der Waals surface area contributed by atoms with Gasteiger partial charge in [0, 0.05) is 18.2 Å². The first-order valence-corrected chi connectivity index (χ1v) is 9.63. The number of carbonyl (C=O) groups is 1. The molecule has 1 aliphatic rings. The molecular formula is C20H20BFN6O3. The minimum atomic E-state index is -1.55. The summed E-state index contributed by atoms with van der Waals surface area (Å²) < 4.78 is 14.1. The first kappa shape index (κ1) is 20.7. The molecule has 0 spiro atoms. The first-order valence-electron chi connectivity index (χ1n) is 9.63. The smallest absolute Gasteiger partial charge is 0.423 e. The first-order chi connectivity index (χ1) is 14.8. The molecule has 1 atom stereocenters. The Kier molecular flexibility index (Phi) is 5.53. The van der Waals surface area contributed by atoms with Gasteiger partial charge in [0.25, 0.3) is 0 Å². The third kappa shape index (κ3) is 4.18. The van der Waals surface area contributed by atoms with E-state index in [2.05, 4.69) is 20.3 Å². The fourth-order valence-corrected chi connectivity index (χ4v) is 3.73. The van der Waals surface area contributed by atoms with Gasteiger partial charge in [-0.2, -0.15) is 4.98 Å². The monoisotopic (exact) mass is 422 g/mol. The number of aromatic nitrogens is 3. The van der Waals surface area contributed by atoms with Crippen molar-refractivity contribution in [2.45, 2.75) is 25.9 Å². The van der Waals surface area contributed by atoms with E-state index in [0.717, 1.165) is 11.6 Å². The Balaban J connectivity index is 1.60. The molecule has 2 aromatic carbocycles. The predicted molar refractivity (Wildman–Crippen MR) is 114 cm³/mol. The number of nitrogens with one attached hydrogen (secondary N) is 1. The van der Waals surface area contributed by atoms with Crippen LogP contribution in [0.1, 0.15) is 28.4 Å². The molecule has 1 unspecified atom stereocenters. The molecule has 0 saturated carbocycles. The molecule has 5 N–H and O–H groups in total. The van der Waals surface area contributed by atoms with Crippen molar-refractivity contribution in [1.29, 1.82) is 0 Å². The second-order valence-corrected chi connectivity index (χ2v) is 7.32. The standard InChI is InChI=1S/C20H20BFN6O3/c1-11-5-15-16(18(23)29)7-14(22)8-17(15)28(11)20-26-10-25-19(27-20)24-9-12-3-2-4-13(6-12)21(30)31/h2-4,6-8,10-11,30-31H,5,9H2,1H3,(H2,23,29)(H,24,25,26,27). The van der Waals surface area contributed by atoms with Gasteiger partial charge in [-0.25, -0.2) is 14.4 Å². The summed E-state index contributed by atoms with van der Waals surface area (Å²) >= 11 is 0. The number of benzene rings is 2. The highest BCUT2D eigenvalue weighted by Crippen LogP contribution is 2.39. The van der Waals surface area contributed by atoms with Gasteiger partial charge in [0.1, 0.15) is 12.1 Å². The number of rotatable bonds is 6. The fraction of sp³-hybridized carbons (Fsp3) is 0.200. The Morgan fingerprint density at radius 1 is 1.32 bits per heavy atom. The van der Waals surface area contributed by atoms with Crippen LogP contribution in [0.5, 0.6) is 0 Å². The molecule has 3 aromatic rings. The van der Waals surface area contributed by atoms with Crippen LogP contribution in [0, 0.1) is 5.82 Å². The fourth-order valence-electron chi connectivity index (χ4n) is 3.73. The molecule has 0 aliphatic carbocycles. The number of hydrogen-bond donors (Lipinski definition) is 4. The average Bonchev–Trinajstić information content (AvgIpc) is 3.07. The highest BCUT2D eigenvalue weighted by molar-refractivity contribution is 6.58. The summed E-state index contributed by atoms with van der Waals surface area (Å²) in [7, 11) is -1.55. The number of nitrogens with two attached hydrogens (primary N) is 1. The quantitative estimate of drug-likeness (QED) is 0.421. The molecule has 31 heavy (non-hydrogen) atoms. The Morgan fingerprint density at radius 2 is 2.13 bits per heavy atom. The van der Waals surface area contributed by atoms with E-state index >= 15 is 0 Å². The Labute approximate surface area is 177 Å². The van der Waals surface area contributed by atoms with Crippen molar-refractivity contribution in [3.8, 4) is 0 Å². The SMILES string of the molecule is CC1Cc2c(C(N)=O)cc(F)cc2N1c1ncnc(NCc2cccc(B(O)O)c2)n1. The van der Waals surface area contributed by atoms with Gasteiger partial charge in [-0.3, -0.25) is 4.79 Å². The zero-order chi connectivity index (χ0) is 22.1. The summed E-state index contributed by atoms with van der Waals surface area (Å²) in [5, 5.41) is 21.7. The van der Waals surface area contributed by atoms with Gasteiger partial charge >= 0.3 is 7.12 Å². The van der Waals surface area contributed by atoms with E-state index in [-0.39, 0.29) is 11.6 Å². The summed E-state index contributed by atoms with van der Waals surface area (Å²) in [6.45, 7) is 2.27. The number of amides is 1. The molecular weight excluding hydrogens is 402 g/mol. The number of anilines is 3. The van der Waals surface area contributed by atoms with Crippen molar-refractivity contribution in [3.63, 3.8) is 0 Å². The van der Waals surface area contributed by atoms with Crippen LogP contribution in [0.3, 0.4) is 0 Å². The molecule has 1 aromatic heterocycles. The molecule has 1 amide bonds. The maximum absolute atomic E-state index is 14.1. The van der Waals surface area contributed by atoms with E-state index < -0.39 is 18.8 Å². The summed E-state index contributed by atoms with van der Waals surface area (Å²) in [6.07, 6.45) is 1.84. The number of halogens is 1. The highest BCUT2D eigenvalue weighted by atomic mass is 19.1. The summed E-state index contributed by atoms with van der Waals surface area (Å²) in [6, 6.07) is 9.19. The number of nitrogens with zero attached hydrogens (tertiary/aromatic N) is 4. The molecule has 0 radical (unpaired) electrons. The van der Waals surface area contributed by atoms with E-state index in [0.29, 0.717) is 41.6 Å². The number of primary amides is 1. The summed E-state index contributed by atoms with van der Waals surface area (Å²) in [4.78, 5) is 26.3. The molecule has 158 valence electrons. The van der Waals surface area contributed by atoms with E-state index in [1.807, 2.05) is 13.0 Å². The molecule has 2 heterocycles. The molecule has 9 nitrogen and oxygen atoms in total. The van der Waals surface area contributed by atoms with E-state index in [1.165, 1.54) is 12.4 Å². The molecule has 4 rings (SSSR count). The Hall–Kier alpha value is -3.57. The average molecular weight is 422 g/mol. The normalized spacial score (nSPS) is 15.0. The van der Waals surface area contributed by atoms with E-state index in [4.69, 9.17) is 5.73 Å².